The second-order valence-corrected chi connectivity index (χ2v) is 8.22. The van der Waals surface area contributed by atoms with Crippen LogP contribution in [0.4, 0.5) is 0 Å². The second kappa shape index (κ2) is 11.1. The van der Waals surface area contributed by atoms with Gasteiger partial charge in [0.2, 0.25) is 5.91 Å². The van der Waals surface area contributed by atoms with Crippen molar-refractivity contribution in [2.75, 3.05) is 45.8 Å². The van der Waals surface area contributed by atoms with Crippen LogP contribution in [0.25, 0.3) is 10.6 Å². The van der Waals surface area contributed by atoms with Crippen molar-refractivity contribution in [1.29, 1.82) is 0 Å². The normalized spacial score (nSPS) is 15.4. The van der Waals surface area contributed by atoms with E-state index in [-0.39, 0.29) is 11.8 Å². The highest BCUT2D eigenvalue weighted by molar-refractivity contribution is 7.13. The Morgan fingerprint density at radius 3 is 2.59 bits per heavy atom. The van der Waals surface area contributed by atoms with E-state index in [1.165, 1.54) is 0 Å². The molecule has 0 unspecified atom stereocenters. The Hall–Kier alpha value is -2.23. The molecule has 1 fully saturated rings. The van der Waals surface area contributed by atoms with Crippen LogP contribution in [0.3, 0.4) is 0 Å². The minimum atomic E-state index is -0.231. The van der Waals surface area contributed by atoms with Gasteiger partial charge in [-0.2, -0.15) is 0 Å². The van der Waals surface area contributed by atoms with Crippen LogP contribution in [0.5, 0.6) is 0 Å². The molecule has 2 amide bonds. The third-order valence-electron chi connectivity index (χ3n) is 5.08. The van der Waals surface area contributed by atoms with Crippen molar-refractivity contribution in [2.24, 2.45) is 5.73 Å². The van der Waals surface area contributed by atoms with Crippen molar-refractivity contribution in [2.45, 2.75) is 25.7 Å². The third-order valence-corrected chi connectivity index (χ3v) is 5.97. The number of rotatable bonds is 11. The van der Waals surface area contributed by atoms with Crippen molar-refractivity contribution in [1.82, 2.24) is 20.3 Å². The molecule has 3 N–H and O–H groups in total. The van der Waals surface area contributed by atoms with Gasteiger partial charge in [-0.05, 0) is 30.8 Å². The Morgan fingerprint density at radius 2 is 1.90 bits per heavy atom. The number of thiophene rings is 1. The van der Waals surface area contributed by atoms with Crippen molar-refractivity contribution in [3.63, 3.8) is 0 Å². The Labute approximate surface area is 175 Å². The van der Waals surface area contributed by atoms with E-state index in [1.54, 1.807) is 17.4 Å². The van der Waals surface area contributed by atoms with Gasteiger partial charge in [0.1, 0.15) is 0 Å². The van der Waals surface area contributed by atoms with Gasteiger partial charge in [0.15, 0.2) is 11.5 Å². The molecule has 29 heavy (non-hydrogen) atoms. The van der Waals surface area contributed by atoms with E-state index >= 15 is 0 Å². The predicted molar refractivity (Wildman–Crippen MR) is 113 cm³/mol. The minimum Gasteiger partial charge on any atom is -0.370 e. The summed E-state index contributed by atoms with van der Waals surface area (Å²) in [5, 5.41) is 8.73. The summed E-state index contributed by atoms with van der Waals surface area (Å²) in [6.45, 7) is 6.54. The quantitative estimate of drug-likeness (QED) is 0.538. The summed E-state index contributed by atoms with van der Waals surface area (Å²) < 4.78 is 5.24. The van der Waals surface area contributed by atoms with Gasteiger partial charge in [0.05, 0.1) is 4.88 Å². The number of aromatic nitrogens is 1. The Kier molecular flexibility index (Phi) is 8.21. The van der Waals surface area contributed by atoms with Gasteiger partial charge in [-0.1, -0.05) is 17.6 Å². The number of piperazine rings is 1. The number of nitrogens with zero attached hydrogens (tertiary/aromatic N) is 3. The van der Waals surface area contributed by atoms with Crippen LogP contribution >= 0.6 is 11.3 Å². The van der Waals surface area contributed by atoms with Gasteiger partial charge >= 0.3 is 0 Å². The van der Waals surface area contributed by atoms with E-state index < -0.39 is 0 Å². The summed E-state index contributed by atoms with van der Waals surface area (Å²) in [5.74, 6) is 0.203. The van der Waals surface area contributed by atoms with Crippen LogP contribution in [0.2, 0.25) is 0 Å². The zero-order valence-corrected chi connectivity index (χ0v) is 17.5. The minimum absolute atomic E-state index is 0.191. The molecule has 0 saturated carbocycles. The number of carbonyl (C=O) groups is 2. The average molecular weight is 420 g/mol. The first kappa shape index (κ1) is 21.5. The maximum absolute atomic E-state index is 12.2. The van der Waals surface area contributed by atoms with Crippen molar-refractivity contribution >= 4 is 23.2 Å². The Balaban J connectivity index is 1.23. The largest absolute Gasteiger partial charge is 0.370 e. The lowest BCUT2D eigenvalue weighted by molar-refractivity contribution is -0.118. The maximum Gasteiger partial charge on any atom is 0.273 e. The fraction of sp³-hybridized carbons (Fsp3) is 0.550. The van der Waals surface area contributed by atoms with Crippen LogP contribution in [0.15, 0.2) is 28.1 Å². The average Bonchev–Trinajstić information content (AvgIpc) is 3.41. The molecule has 0 aliphatic carbocycles. The monoisotopic (exact) mass is 419 g/mol. The summed E-state index contributed by atoms with van der Waals surface area (Å²) in [4.78, 5) is 28.7. The lowest BCUT2D eigenvalue weighted by Gasteiger charge is -2.34. The number of unbranched alkanes of at least 4 members (excludes halogenated alkanes) is 2. The number of nitrogens with two attached hydrogens (primary N) is 1. The summed E-state index contributed by atoms with van der Waals surface area (Å²) >= 11 is 1.55. The number of hydrogen-bond donors (Lipinski definition) is 2. The van der Waals surface area contributed by atoms with Gasteiger partial charge in [-0.3, -0.25) is 9.59 Å². The lowest BCUT2D eigenvalue weighted by atomic mass is 10.2. The molecular weight excluding hydrogens is 390 g/mol. The highest BCUT2D eigenvalue weighted by Gasteiger charge is 2.17. The number of primary amides is 1. The summed E-state index contributed by atoms with van der Waals surface area (Å²) in [7, 11) is 0. The predicted octanol–water partition coefficient (Wildman–Crippen LogP) is 1.80. The van der Waals surface area contributed by atoms with Crippen LogP contribution in [-0.2, 0) is 4.79 Å². The molecule has 1 saturated heterocycles. The smallest absolute Gasteiger partial charge is 0.273 e. The van der Waals surface area contributed by atoms with Gasteiger partial charge in [-0.15, -0.1) is 11.3 Å². The maximum atomic E-state index is 12.2. The van der Waals surface area contributed by atoms with Gasteiger partial charge in [-0.25, -0.2) is 0 Å². The molecule has 0 radical (unpaired) electrons. The summed E-state index contributed by atoms with van der Waals surface area (Å²) in [5.41, 5.74) is 5.53. The standard InChI is InChI=1S/C20H29N5O3S/c21-19(26)6-9-25-12-10-24(11-13-25)8-3-1-2-7-22-20(27)16-15-17(28-23-16)18-5-4-14-29-18/h4-5,14-15H,1-3,6-13H2,(H2,21,26)(H,22,27). The van der Waals surface area contributed by atoms with Crippen molar-refractivity contribution in [3.8, 4) is 10.6 Å². The highest BCUT2D eigenvalue weighted by Crippen LogP contribution is 2.25. The molecule has 8 nitrogen and oxygen atoms in total. The van der Waals surface area contributed by atoms with E-state index in [9.17, 15) is 9.59 Å². The first-order chi connectivity index (χ1) is 14.1. The van der Waals surface area contributed by atoms with E-state index in [4.69, 9.17) is 10.3 Å². The fourth-order valence-electron chi connectivity index (χ4n) is 3.35. The Bertz CT molecular complexity index is 769. The molecular formula is C20H29N5O3S. The molecule has 158 valence electrons. The summed E-state index contributed by atoms with van der Waals surface area (Å²) in [6.07, 6.45) is 3.57. The number of hydrogen-bond acceptors (Lipinski definition) is 7. The molecule has 0 aromatic carbocycles. The molecule has 0 bridgehead atoms. The van der Waals surface area contributed by atoms with E-state index in [2.05, 4.69) is 20.3 Å². The van der Waals surface area contributed by atoms with Crippen LogP contribution in [-0.4, -0.2) is 72.6 Å². The molecule has 3 heterocycles. The topological polar surface area (TPSA) is 105 Å². The van der Waals surface area contributed by atoms with Gasteiger partial charge in [0.25, 0.3) is 5.91 Å². The third kappa shape index (κ3) is 6.95. The molecule has 2 aromatic heterocycles. The van der Waals surface area contributed by atoms with E-state index in [1.807, 2.05) is 17.5 Å². The first-order valence-electron chi connectivity index (χ1n) is 10.1. The molecule has 3 rings (SSSR count). The number of nitrogens with one attached hydrogen (secondary N) is 1. The molecule has 0 spiro atoms. The van der Waals surface area contributed by atoms with Gasteiger partial charge in [0, 0.05) is 51.8 Å². The van der Waals surface area contributed by atoms with Crippen LogP contribution in [0.1, 0.15) is 36.2 Å². The molecule has 9 heteroatoms. The second-order valence-electron chi connectivity index (χ2n) is 7.27. The lowest BCUT2D eigenvalue weighted by Crippen LogP contribution is -2.47. The summed E-state index contributed by atoms with van der Waals surface area (Å²) in [6, 6.07) is 5.56. The highest BCUT2D eigenvalue weighted by atomic mass is 32.1. The van der Waals surface area contributed by atoms with Gasteiger partial charge < -0.3 is 25.4 Å². The van der Waals surface area contributed by atoms with E-state index in [0.717, 1.165) is 63.4 Å². The zero-order chi connectivity index (χ0) is 20.5. The van der Waals surface area contributed by atoms with E-state index in [0.29, 0.717) is 24.4 Å². The zero-order valence-electron chi connectivity index (χ0n) is 16.6. The molecule has 1 aliphatic rings. The van der Waals surface area contributed by atoms with Crippen molar-refractivity contribution in [3.05, 3.63) is 29.3 Å². The van der Waals surface area contributed by atoms with Crippen molar-refractivity contribution < 1.29 is 14.1 Å². The first-order valence-corrected chi connectivity index (χ1v) is 11.0. The van der Waals surface area contributed by atoms with Crippen LogP contribution in [0, 0.1) is 0 Å². The fourth-order valence-corrected chi connectivity index (χ4v) is 4.02. The van der Waals surface area contributed by atoms with Crippen LogP contribution < -0.4 is 11.1 Å². The number of amides is 2. The Morgan fingerprint density at radius 1 is 1.14 bits per heavy atom. The molecule has 2 aromatic rings. The number of carbonyl (C=O) groups excluding carboxylic acids is 2. The molecule has 1 aliphatic heterocycles. The SMILES string of the molecule is NC(=O)CCN1CCN(CCCCCNC(=O)c2cc(-c3cccs3)on2)CC1. The molecule has 0 atom stereocenters.